The first kappa shape index (κ1) is 23.1. The quantitative estimate of drug-likeness (QED) is 0.451. The molecule has 1 rings (SSSR count). The molecule has 0 aromatic heterocycles. The number of hydrogen-bond acceptors (Lipinski definition) is 7. The number of ether oxygens (including phenoxy) is 4. The van der Waals surface area contributed by atoms with Crippen molar-refractivity contribution in [2.24, 2.45) is 11.8 Å². The van der Waals surface area contributed by atoms with Gasteiger partial charge in [0.05, 0.1) is 26.2 Å². The number of carbonyl (C=O) groups is 3. The molecule has 0 bridgehead atoms. The number of nitrogens with one attached hydrogen (secondary N) is 1. The molecule has 0 aromatic carbocycles. The first-order chi connectivity index (χ1) is 12.9. The molecule has 1 aliphatic heterocycles. The summed E-state index contributed by atoms with van der Waals surface area (Å²) in [5.74, 6) is -1.62. The fraction of sp³-hybridized carbons (Fsp3) is 0.833. The van der Waals surface area contributed by atoms with Crippen LogP contribution in [0.15, 0.2) is 0 Å². The summed E-state index contributed by atoms with van der Waals surface area (Å²) in [4.78, 5) is 35.4. The summed E-state index contributed by atoms with van der Waals surface area (Å²) in [5, 5.41) is 2.54. The maximum atomic E-state index is 13.3. The summed E-state index contributed by atoms with van der Waals surface area (Å²) < 4.78 is 33.1. The molecule has 8 nitrogen and oxygen atoms in total. The van der Waals surface area contributed by atoms with Crippen LogP contribution in [0.5, 0.6) is 0 Å². The van der Waals surface area contributed by atoms with E-state index in [4.69, 9.17) is 9.47 Å². The van der Waals surface area contributed by atoms with Gasteiger partial charge in [0.15, 0.2) is 6.10 Å². The van der Waals surface area contributed by atoms with Crippen LogP contribution in [0.25, 0.3) is 0 Å². The molecule has 1 saturated heterocycles. The minimum Gasteiger partial charge on any atom is -0.469 e. The van der Waals surface area contributed by atoms with Crippen LogP contribution in [0.4, 0.5) is 9.18 Å². The van der Waals surface area contributed by atoms with E-state index in [1.165, 1.54) is 14.2 Å². The Bertz CT molecular complexity index is 502. The predicted octanol–water partition coefficient (Wildman–Crippen LogP) is 2.34. The van der Waals surface area contributed by atoms with Crippen LogP contribution in [0.1, 0.15) is 46.0 Å². The van der Waals surface area contributed by atoms with Crippen molar-refractivity contribution >= 4 is 18.0 Å². The Morgan fingerprint density at radius 1 is 1.19 bits per heavy atom. The summed E-state index contributed by atoms with van der Waals surface area (Å²) in [7, 11) is 2.54. The zero-order valence-corrected chi connectivity index (χ0v) is 16.4. The molecule has 1 amide bonds. The van der Waals surface area contributed by atoms with Crippen LogP contribution in [-0.4, -0.2) is 57.4 Å². The highest BCUT2D eigenvalue weighted by atomic mass is 19.1. The second kappa shape index (κ2) is 11.7. The summed E-state index contributed by atoms with van der Waals surface area (Å²) in [6.45, 7) is 3.96. The van der Waals surface area contributed by atoms with Gasteiger partial charge in [-0.25, -0.2) is 14.0 Å². The minimum absolute atomic E-state index is 0.0460. The van der Waals surface area contributed by atoms with Gasteiger partial charge in [0, 0.05) is 19.4 Å². The number of alkyl halides is 1. The van der Waals surface area contributed by atoms with Crippen molar-refractivity contribution < 1.29 is 37.7 Å². The van der Waals surface area contributed by atoms with Crippen LogP contribution in [-0.2, 0) is 28.5 Å². The van der Waals surface area contributed by atoms with E-state index in [2.05, 4.69) is 14.8 Å². The van der Waals surface area contributed by atoms with Gasteiger partial charge in [0.1, 0.15) is 0 Å². The Balaban J connectivity index is 2.61. The van der Waals surface area contributed by atoms with E-state index < -0.39 is 42.5 Å². The number of hydrogen-bond donors (Lipinski definition) is 1. The number of halogens is 1. The third kappa shape index (κ3) is 7.32. The largest absolute Gasteiger partial charge is 0.469 e. The van der Waals surface area contributed by atoms with Gasteiger partial charge in [0.25, 0.3) is 0 Å². The molecule has 0 aliphatic carbocycles. The van der Waals surface area contributed by atoms with Gasteiger partial charge in [-0.15, -0.1) is 0 Å². The number of amides is 1. The van der Waals surface area contributed by atoms with Gasteiger partial charge in [0.2, 0.25) is 6.36 Å². The summed E-state index contributed by atoms with van der Waals surface area (Å²) in [5.41, 5.74) is 0. The van der Waals surface area contributed by atoms with Gasteiger partial charge in [-0.3, -0.25) is 4.79 Å². The van der Waals surface area contributed by atoms with E-state index in [0.717, 1.165) is 0 Å². The molecule has 5 unspecified atom stereocenters. The van der Waals surface area contributed by atoms with Crippen LogP contribution in [0.2, 0.25) is 0 Å². The van der Waals surface area contributed by atoms with Gasteiger partial charge < -0.3 is 24.3 Å². The lowest BCUT2D eigenvalue weighted by molar-refractivity contribution is -0.154. The summed E-state index contributed by atoms with van der Waals surface area (Å²) >= 11 is 0. The molecule has 27 heavy (non-hydrogen) atoms. The second-order valence-corrected chi connectivity index (χ2v) is 6.55. The Labute approximate surface area is 159 Å². The summed E-state index contributed by atoms with van der Waals surface area (Å²) in [6.07, 6.45) is -1.77. The Kier molecular flexibility index (Phi) is 10.1. The molecule has 9 heteroatoms. The van der Waals surface area contributed by atoms with E-state index in [9.17, 15) is 18.8 Å². The molecule has 0 spiro atoms. The van der Waals surface area contributed by atoms with E-state index >= 15 is 0 Å². The van der Waals surface area contributed by atoms with Crippen molar-refractivity contribution in [2.45, 2.75) is 64.5 Å². The SMILES string of the molecule is CCCC(F)OC(=O)NCC(CC)CC1OC(C(=O)OC)CC1C(=O)OC. The maximum Gasteiger partial charge on any atom is 0.409 e. The summed E-state index contributed by atoms with van der Waals surface area (Å²) in [6, 6.07) is 0. The Morgan fingerprint density at radius 3 is 2.41 bits per heavy atom. The molecule has 1 heterocycles. The highest BCUT2D eigenvalue weighted by molar-refractivity contribution is 5.79. The molecular weight excluding hydrogens is 361 g/mol. The van der Waals surface area contributed by atoms with Crippen LogP contribution in [0, 0.1) is 11.8 Å². The van der Waals surface area contributed by atoms with Crippen molar-refractivity contribution in [3.63, 3.8) is 0 Å². The molecule has 1 aliphatic rings. The number of methoxy groups -OCH3 is 2. The molecule has 0 aromatic rings. The molecule has 1 fully saturated rings. The van der Waals surface area contributed by atoms with E-state index in [0.29, 0.717) is 19.3 Å². The van der Waals surface area contributed by atoms with Gasteiger partial charge in [-0.05, 0) is 18.8 Å². The molecule has 5 atom stereocenters. The normalized spacial score (nSPS) is 24.0. The molecular formula is C18H30FNO7. The monoisotopic (exact) mass is 391 g/mol. The van der Waals surface area contributed by atoms with E-state index in [1.807, 2.05) is 6.92 Å². The molecule has 1 N–H and O–H groups in total. The smallest absolute Gasteiger partial charge is 0.409 e. The predicted molar refractivity (Wildman–Crippen MR) is 93.5 cm³/mol. The minimum atomic E-state index is -1.63. The second-order valence-electron chi connectivity index (χ2n) is 6.55. The van der Waals surface area contributed by atoms with E-state index in [1.54, 1.807) is 6.92 Å². The number of esters is 2. The van der Waals surface area contributed by atoms with Crippen LogP contribution < -0.4 is 5.32 Å². The molecule has 0 radical (unpaired) electrons. The highest BCUT2D eigenvalue weighted by Crippen LogP contribution is 2.33. The first-order valence-corrected chi connectivity index (χ1v) is 9.25. The van der Waals surface area contributed by atoms with Crippen LogP contribution in [0.3, 0.4) is 0 Å². The molecule has 156 valence electrons. The lowest BCUT2D eigenvalue weighted by atomic mass is 9.90. The van der Waals surface area contributed by atoms with Crippen molar-refractivity contribution in [1.29, 1.82) is 0 Å². The molecule has 0 saturated carbocycles. The fourth-order valence-electron chi connectivity index (χ4n) is 3.04. The standard InChI is InChI=1S/C18H30FNO7/c1-5-7-15(19)27-18(23)20-10-11(6-2)8-13-12(16(21)24-3)9-14(26-13)17(22)25-4/h11-15H,5-10H2,1-4H3,(H,20,23). The zero-order valence-electron chi connectivity index (χ0n) is 16.4. The maximum absolute atomic E-state index is 13.3. The third-order valence-electron chi connectivity index (χ3n) is 4.65. The topological polar surface area (TPSA) is 100 Å². The number of alkyl carbamates (subject to hydrolysis) is 1. The van der Waals surface area contributed by atoms with Gasteiger partial charge in [-0.2, -0.15) is 0 Å². The average Bonchev–Trinajstić information content (AvgIpc) is 3.07. The fourth-order valence-corrected chi connectivity index (χ4v) is 3.04. The average molecular weight is 391 g/mol. The zero-order chi connectivity index (χ0) is 20.4. The first-order valence-electron chi connectivity index (χ1n) is 9.25. The van der Waals surface area contributed by atoms with Crippen molar-refractivity contribution in [3.05, 3.63) is 0 Å². The van der Waals surface area contributed by atoms with Crippen LogP contribution >= 0.6 is 0 Å². The van der Waals surface area contributed by atoms with Crippen molar-refractivity contribution in [3.8, 4) is 0 Å². The lowest BCUT2D eigenvalue weighted by Crippen LogP contribution is -2.35. The number of rotatable bonds is 10. The highest BCUT2D eigenvalue weighted by Gasteiger charge is 2.44. The third-order valence-corrected chi connectivity index (χ3v) is 4.65. The van der Waals surface area contributed by atoms with Gasteiger partial charge >= 0.3 is 18.0 Å². The Morgan fingerprint density at radius 2 is 1.85 bits per heavy atom. The Hall–Kier alpha value is -1.90. The lowest BCUT2D eigenvalue weighted by Gasteiger charge is -2.23. The van der Waals surface area contributed by atoms with E-state index in [-0.39, 0.29) is 25.3 Å². The van der Waals surface area contributed by atoms with Gasteiger partial charge in [-0.1, -0.05) is 20.3 Å². The van der Waals surface area contributed by atoms with Crippen molar-refractivity contribution in [2.75, 3.05) is 20.8 Å². The number of carbonyl (C=O) groups excluding carboxylic acids is 3. The van der Waals surface area contributed by atoms with Crippen molar-refractivity contribution in [1.82, 2.24) is 5.32 Å².